The summed E-state index contributed by atoms with van der Waals surface area (Å²) in [5.74, 6) is 4.24. The van der Waals surface area contributed by atoms with Gasteiger partial charge >= 0.3 is 0 Å². The lowest BCUT2D eigenvalue weighted by molar-refractivity contribution is -0.130. The fourth-order valence-corrected chi connectivity index (χ4v) is 6.31. The van der Waals surface area contributed by atoms with E-state index in [0.29, 0.717) is 17.8 Å². The molecule has 0 radical (unpaired) electrons. The molecule has 5 aliphatic rings. The third-order valence-corrected chi connectivity index (χ3v) is 6.92. The van der Waals surface area contributed by atoms with E-state index >= 15 is 0 Å². The minimum Gasteiger partial charge on any atom is -0.485 e. The summed E-state index contributed by atoms with van der Waals surface area (Å²) in [6.45, 7) is 1.06. The molecule has 1 unspecified atom stereocenters. The third kappa shape index (κ3) is 2.90. The van der Waals surface area contributed by atoms with Gasteiger partial charge < -0.3 is 14.8 Å². The number of nitrogens with one attached hydrogen (secondary N) is 1. The predicted molar refractivity (Wildman–Crippen MR) is 94.6 cm³/mol. The Kier molecular flexibility index (Phi) is 3.68. The van der Waals surface area contributed by atoms with Gasteiger partial charge in [0.15, 0.2) is 11.5 Å². The maximum absolute atomic E-state index is 12.5. The van der Waals surface area contributed by atoms with Gasteiger partial charge in [-0.1, -0.05) is 12.1 Å². The van der Waals surface area contributed by atoms with E-state index in [9.17, 15) is 4.79 Å². The number of hydrogen-bond acceptors (Lipinski definition) is 3. The zero-order valence-corrected chi connectivity index (χ0v) is 14.7. The van der Waals surface area contributed by atoms with E-state index in [1.165, 1.54) is 38.5 Å². The molecule has 1 aliphatic heterocycles. The third-order valence-electron chi connectivity index (χ3n) is 6.92. The number of para-hydroxylation sites is 2. The van der Waals surface area contributed by atoms with Crippen LogP contribution in [0.4, 0.5) is 0 Å². The summed E-state index contributed by atoms with van der Waals surface area (Å²) < 4.78 is 11.5. The summed E-state index contributed by atoms with van der Waals surface area (Å²) in [6, 6.07) is 7.53. The van der Waals surface area contributed by atoms with E-state index in [-0.39, 0.29) is 5.91 Å². The fourth-order valence-electron chi connectivity index (χ4n) is 6.31. The number of carbonyl (C=O) groups excluding carboxylic acids is 1. The molecule has 134 valence electrons. The van der Waals surface area contributed by atoms with Crippen LogP contribution in [0.5, 0.6) is 11.5 Å². The quantitative estimate of drug-likeness (QED) is 0.911. The number of carbonyl (C=O) groups is 1. The van der Waals surface area contributed by atoms with Crippen LogP contribution in [0.3, 0.4) is 0 Å². The van der Waals surface area contributed by atoms with Crippen LogP contribution in [0, 0.1) is 23.2 Å². The molecule has 4 bridgehead atoms. The van der Waals surface area contributed by atoms with Gasteiger partial charge in [0.1, 0.15) is 6.61 Å². The zero-order valence-electron chi connectivity index (χ0n) is 14.7. The number of ether oxygens (including phenoxy) is 2. The maximum atomic E-state index is 12.5. The molecule has 4 heteroatoms. The first-order valence-corrected chi connectivity index (χ1v) is 9.85. The average molecular weight is 341 g/mol. The average Bonchev–Trinajstić information content (AvgIpc) is 2.60. The second kappa shape index (κ2) is 5.93. The Morgan fingerprint density at radius 1 is 1.04 bits per heavy atom. The highest BCUT2D eigenvalue weighted by atomic mass is 16.6. The van der Waals surface area contributed by atoms with Gasteiger partial charge in [0.25, 0.3) is 5.91 Å². The SMILES string of the molecule is O=C(NCCC12CC3CC(CC(C3)C1)C2)C1COc2ccccc2O1. The lowest BCUT2D eigenvalue weighted by Crippen LogP contribution is -2.48. The summed E-state index contributed by atoms with van der Waals surface area (Å²) in [4.78, 5) is 12.5. The zero-order chi connectivity index (χ0) is 16.9. The maximum Gasteiger partial charge on any atom is 0.264 e. The first kappa shape index (κ1) is 15.5. The molecule has 4 saturated carbocycles. The van der Waals surface area contributed by atoms with Crippen LogP contribution in [0.25, 0.3) is 0 Å². The van der Waals surface area contributed by atoms with E-state index < -0.39 is 6.10 Å². The van der Waals surface area contributed by atoms with Crippen molar-refractivity contribution < 1.29 is 14.3 Å². The van der Waals surface area contributed by atoms with Gasteiger partial charge in [-0.05, 0) is 80.2 Å². The molecule has 0 spiro atoms. The van der Waals surface area contributed by atoms with E-state index in [0.717, 1.165) is 36.5 Å². The van der Waals surface area contributed by atoms with Gasteiger partial charge in [-0.15, -0.1) is 0 Å². The highest BCUT2D eigenvalue weighted by Gasteiger charge is 2.50. The molecule has 1 amide bonds. The summed E-state index contributed by atoms with van der Waals surface area (Å²) in [5, 5.41) is 3.11. The smallest absolute Gasteiger partial charge is 0.264 e. The van der Waals surface area contributed by atoms with Crippen LogP contribution in [0.1, 0.15) is 44.9 Å². The van der Waals surface area contributed by atoms with Crippen LogP contribution in [-0.4, -0.2) is 25.2 Å². The highest BCUT2D eigenvalue weighted by molar-refractivity contribution is 5.81. The van der Waals surface area contributed by atoms with Crippen LogP contribution in [0.15, 0.2) is 24.3 Å². The summed E-state index contributed by atoms with van der Waals surface area (Å²) in [6.07, 6.45) is 9.19. The molecule has 6 rings (SSSR count). The van der Waals surface area contributed by atoms with Gasteiger partial charge in [0.2, 0.25) is 6.10 Å². The van der Waals surface area contributed by atoms with Crippen LogP contribution >= 0.6 is 0 Å². The number of amides is 1. The van der Waals surface area contributed by atoms with Crippen molar-refractivity contribution in [3.63, 3.8) is 0 Å². The van der Waals surface area contributed by atoms with Crippen molar-refractivity contribution in [1.82, 2.24) is 5.32 Å². The number of benzene rings is 1. The summed E-state index contributed by atoms with van der Waals surface area (Å²) in [5.41, 5.74) is 0.512. The Labute approximate surface area is 149 Å². The Balaban J connectivity index is 1.15. The molecule has 1 aromatic rings. The molecule has 25 heavy (non-hydrogen) atoms. The minimum atomic E-state index is -0.536. The van der Waals surface area contributed by atoms with E-state index in [1.807, 2.05) is 24.3 Å². The van der Waals surface area contributed by atoms with Gasteiger partial charge in [-0.2, -0.15) is 0 Å². The van der Waals surface area contributed by atoms with Crippen molar-refractivity contribution in [1.29, 1.82) is 0 Å². The molecule has 1 atom stereocenters. The Morgan fingerprint density at radius 3 is 2.36 bits per heavy atom. The van der Waals surface area contributed by atoms with Crippen molar-refractivity contribution in [2.75, 3.05) is 13.2 Å². The number of rotatable bonds is 4. The van der Waals surface area contributed by atoms with Crippen LogP contribution < -0.4 is 14.8 Å². The Bertz CT molecular complexity index is 636. The predicted octanol–water partition coefficient (Wildman–Crippen LogP) is 3.55. The molecule has 4 nitrogen and oxygen atoms in total. The van der Waals surface area contributed by atoms with Gasteiger partial charge in [0, 0.05) is 6.54 Å². The molecule has 1 N–H and O–H groups in total. The monoisotopic (exact) mass is 341 g/mol. The molecular weight excluding hydrogens is 314 g/mol. The summed E-state index contributed by atoms with van der Waals surface area (Å²) >= 11 is 0. The van der Waals surface area contributed by atoms with Crippen molar-refractivity contribution >= 4 is 5.91 Å². The normalized spacial score (nSPS) is 37.8. The topological polar surface area (TPSA) is 47.6 Å². The number of hydrogen-bond donors (Lipinski definition) is 1. The Morgan fingerprint density at radius 2 is 1.68 bits per heavy atom. The number of fused-ring (bicyclic) bond motifs is 1. The lowest BCUT2D eigenvalue weighted by atomic mass is 9.49. The first-order valence-electron chi connectivity index (χ1n) is 9.85. The van der Waals surface area contributed by atoms with E-state index in [1.54, 1.807) is 0 Å². The molecule has 0 saturated heterocycles. The van der Waals surface area contributed by atoms with E-state index in [2.05, 4.69) is 5.32 Å². The molecule has 4 fully saturated rings. The molecule has 1 aromatic carbocycles. The standard InChI is InChI=1S/C21H27NO3/c23-20(19-13-24-17-3-1-2-4-18(17)25-19)22-6-5-21-10-14-7-15(11-21)9-16(8-14)12-21/h1-4,14-16,19H,5-13H2,(H,22,23). The van der Waals surface area contributed by atoms with Crippen molar-refractivity contribution in [2.24, 2.45) is 23.2 Å². The molecular formula is C21H27NO3. The Hall–Kier alpha value is -1.71. The first-order chi connectivity index (χ1) is 12.2. The lowest BCUT2D eigenvalue weighted by Gasteiger charge is -2.57. The molecule has 4 aliphatic carbocycles. The molecule has 0 aromatic heterocycles. The second-order valence-corrected chi connectivity index (χ2v) is 8.82. The largest absolute Gasteiger partial charge is 0.485 e. The van der Waals surface area contributed by atoms with Crippen molar-refractivity contribution in [2.45, 2.75) is 51.0 Å². The van der Waals surface area contributed by atoms with E-state index in [4.69, 9.17) is 9.47 Å². The second-order valence-electron chi connectivity index (χ2n) is 8.82. The van der Waals surface area contributed by atoms with Gasteiger partial charge in [-0.25, -0.2) is 0 Å². The van der Waals surface area contributed by atoms with Gasteiger partial charge in [0.05, 0.1) is 0 Å². The van der Waals surface area contributed by atoms with Crippen molar-refractivity contribution in [3.8, 4) is 11.5 Å². The minimum absolute atomic E-state index is 0.0424. The summed E-state index contributed by atoms with van der Waals surface area (Å²) in [7, 11) is 0. The van der Waals surface area contributed by atoms with Crippen molar-refractivity contribution in [3.05, 3.63) is 24.3 Å². The molecule has 1 heterocycles. The highest BCUT2D eigenvalue weighted by Crippen LogP contribution is 2.61. The fraction of sp³-hybridized carbons (Fsp3) is 0.667. The van der Waals surface area contributed by atoms with Crippen LogP contribution in [0.2, 0.25) is 0 Å². The van der Waals surface area contributed by atoms with Crippen LogP contribution in [-0.2, 0) is 4.79 Å². The van der Waals surface area contributed by atoms with Gasteiger partial charge in [-0.3, -0.25) is 4.79 Å².